The van der Waals surface area contributed by atoms with E-state index in [0.29, 0.717) is 24.2 Å². The highest BCUT2D eigenvalue weighted by atomic mass is 35.5. The van der Waals surface area contributed by atoms with Crippen LogP contribution in [-0.2, 0) is 9.84 Å². The molecule has 216 valence electrons. The molecule has 0 spiro atoms. The molecule has 0 atom stereocenters. The summed E-state index contributed by atoms with van der Waals surface area (Å²) >= 11 is 6.91. The van der Waals surface area contributed by atoms with Gasteiger partial charge in [0.1, 0.15) is 15.9 Å². The van der Waals surface area contributed by atoms with Crippen LogP contribution in [-0.4, -0.2) is 113 Å². The summed E-state index contributed by atoms with van der Waals surface area (Å²) in [5.74, 6) is 1.21. The van der Waals surface area contributed by atoms with Crippen molar-refractivity contribution in [1.29, 1.82) is 10.5 Å². The van der Waals surface area contributed by atoms with Crippen LogP contribution in [0.4, 0.5) is 5.69 Å². The number of anilines is 1. The van der Waals surface area contributed by atoms with Crippen LogP contribution in [0.25, 0.3) is 0 Å². The van der Waals surface area contributed by atoms with Gasteiger partial charge in [-0.05, 0) is 36.6 Å². The second-order valence-corrected chi connectivity index (χ2v) is 13.4. The Morgan fingerprint density at radius 3 is 2.44 bits per heavy atom. The summed E-state index contributed by atoms with van der Waals surface area (Å²) in [6, 6.07) is 12.6. The number of fused-ring (bicyclic) bond motifs is 1. The minimum absolute atomic E-state index is 0.143. The Kier molecular flexibility index (Phi) is 7.44. The van der Waals surface area contributed by atoms with E-state index < -0.39 is 9.84 Å². The van der Waals surface area contributed by atoms with Crippen LogP contribution in [0.1, 0.15) is 12.8 Å². The summed E-state index contributed by atoms with van der Waals surface area (Å²) < 4.78 is 23.1. The molecule has 1 saturated carbocycles. The maximum atomic E-state index is 11.5. The molecule has 15 heteroatoms. The lowest BCUT2D eigenvalue weighted by Crippen LogP contribution is -2.67. The van der Waals surface area contributed by atoms with Gasteiger partial charge in [-0.25, -0.2) is 18.4 Å². The number of hydrogen-bond donors (Lipinski definition) is 1. The second kappa shape index (κ2) is 11.0. The van der Waals surface area contributed by atoms with E-state index in [1.165, 1.54) is 22.4 Å². The van der Waals surface area contributed by atoms with Crippen molar-refractivity contribution in [3.8, 4) is 12.3 Å². The number of sulfone groups is 1. The van der Waals surface area contributed by atoms with Crippen molar-refractivity contribution < 1.29 is 8.42 Å². The molecule has 13 nitrogen and oxygen atoms in total. The molecule has 4 heterocycles. The Bertz CT molecular complexity index is 1450. The van der Waals surface area contributed by atoms with Gasteiger partial charge in [-0.1, -0.05) is 18.2 Å². The number of nitrogens with zero attached hydrogens (tertiary/aromatic N) is 10. The van der Waals surface area contributed by atoms with Gasteiger partial charge in [0.15, 0.2) is 23.5 Å². The Labute approximate surface area is 245 Å². The van der Waals surface area contributed by atoms with Crippen molar-refractivity contribution >= 4 is 32.4 Å². The van der Waals surface area contributed by atoms with Gasteiger partial charge in [-0.2, -0.15) is 25.6 Å². The van der Waals surface area contributed by atoms with Gasteiger partial charge < -0.3 is 5.32 Å². The number of allylic oxidation sites excluding steroid dienone is 1. The van der Waals surface area contributed by atoms with Crippen molar-refractivity contribution in [2.75, 3.05) is 62.9 Å². The van der Waals surface area contributed by atoms with Crippen LogP contribution in [0.2, 0.25) is 0 Å². The standard InChI is InChI=1S/C26H32ClN11O2S/c1-41(39,40)14-13-32-16-23(17-32)33-9-11-35(12-10-33)38(21-5-3-2-4-6-21)37-24(30-20-7-8-20)25-34(19-29)18-22(15-28)36(25)31-26(37)27/h2-6,18,20,23,30H,7-14,16-17H2,1H3. The van der Waals surface area contributed by atoms with Gasteiger partial charge in [0.05, 0.1) is 17.6 Å². The van der Waals surface area contributed by atoms with Crippen molar-refractivity contribution in [2.24, 2.45) is 5.10 Å². The molecule has 0 aromatic heterocycles. The summed E-state index contributed by atoms with van der Waals surface area (Å²) in [6.07, 6.45) is 6.89. The van der Waals surface area contributed by atoms with Crippen LogP contribution >= 0.6 is 11.6 Å². The molecule has 0 amide bonds. The number of hydrazine groups is 2. The van der Waals surface area contributed by atoms with Crippen molar-refractivity contribution in [3.05, 3.63) is 53.9 Å². The summed E-state index contributed by atoms with van der Waals surface area (Å²) in [6.45, 7) is 5.42. The Balaban J connectivity index is 1.24. The summed E-state index contributed by atoms with van der Waals surface area (Å²) in [5.41, 5.74) is 1.09. The number of hydrazone groups is 1. The van der Waals surface area contributed by atoms with E-state index in [1.807, 2.05) is 35.4 Å². The van der Waals surface area contributed by atoms with Crippen molar-refractivity contribution in [2.45, 2.75) is 24.9 Å². The second-order valence-electron chi connectivity index (χ2n) is 10.8. The number of likely N-dealkylation sites (tertiary alicyclic amines) is 1. The SMILES string of the molecule is CS(=O)(=O)CCN1CC(N2CCN(N(c3ccccc3)N3C(Cl)=NN4C(C#N)=CN(C#N)C4=C3NC3CC3)CC2)C1. The predicted molar refractivity (Wildman–Crippen MR) is 153 cm³/mol. The Morgan fingerprint density at radius 2 is 1.83 bits per heavy atom. The highest BCUT2D eigenvalue weighted by Crippen LogP contribution is 2.37. The minimum atomic E-state index is -2.96. The molecule has 2 saturated heterocycles. The number of benzene rings is 1. The third-order valence-electron chi connectivity index (χ3n) is 7.80. The number of halogens is 1. The third-order valence-corrected chi connectivity index (χ3v) is 8.96. The van der Waals surface area contributed by atoms with Crippen LogP contribution in [0.5, 0.6) is 0 Å². The van der Waals surface area contributed by atoms with Crippen LogP contribution in [0.15, 0.2) is 59.0 Å². The van der Waals surface area contributed by atoms with E-state index in [4.69, 9.17) is 11.6 Å². The van der Waals surface area contributed by atoms with Crippen LogP contribution in [0, 0.1) is 22.8 Å². The molecule has 0 radical (unpaired) electrons. The number of nitrogens with one attached hydrogen (secondary N) is 1. The smallest absolute Gasteiger partial charge is 0.244 e. The van der Waals surface area contributed by atoms with E-state index in [0.717, 1.165) is 57.8 Å². The highest BCUT2D eigenvalue weighted by Gasteiger charge is 2.44. The first-order valence-corrected chi connectivity index (χ1v) is 16.1. The van der Waals surface area contributed by atoms with Gasteiger partial charge in [0, 0.05) is 64.2 Å². The molecular formula is C26H32ClN11O2S. The van der Waals surface area contributed by atoms with Gasteiger partial charge in [-0.3, -0.25) is 9.80 Å². The maximum Gasteiger partial charge on any atom is 0.244 e. The first kappa shape index (κ1) is 27.6. The molecule has 3 fully saturated rings. The molecule has 41 heavy (non-hydrogen) atoms. The van der Waals surface area contributed by atoms with E-state index >= 15 is 0 Å². The molecule has 1 N–H and O–H groups in total. The van der Waals surface area contributed by atoms with Gasteiger partial charge in [-0.15, -0.1) is 5.10 Å². The third kappa shape index (κ3) is 5.66. The number of amidine groups is 1. The summed E-state index contributed by atoms with van der Waals surface area (Å²) in [5, 5.41) is 35.3. The molecule has 6 rings (SSSR count). The normalized spacial score (nSPS) is 22.5. The number of para-hydroxylation sites is 1. The molecule has 1 aliphatic carbocycles. The average Bonchev–Trinajstić information content (AvgIpc) is 3.68. The fourth-order valence-electron chi connectivity index (χ4n) is 5.44. The zero-order valence-electron chi connectivity index (χ0n) is 22.8. The topological polar surface area (TPSA) is 129 Å². The molecule has 5 aliphatic rings. The first-order valence-electron chi connectivity index (χ1n) is 13.7. The van der Waals surface area contributed by atoms with Crippen LogP contribution < -0.4 is 10.4 Å². The number of piperazine rings is 1. The van der Waals surface area contributed by atoms with Crippen molar-refractivity contribution in [1.82, 2.24) is 35.0 Å². The highest BCUT2D eigenvalue weighted by molar-refractivity contribution is 7.90. The van der Waals surface area contributed by atoms with E-state index in [-0.39, 0.29) is 22.8 Å². The predicted octanol–water partition coefficient (Wildman–Crippen LogP) is 0.837. The van der Waals surface area contributed by atoms with Gasteiger partial charge in [0.2, 0.25) is 5.29 Å². The summed E-state index contributed by atoms with van der Waals surface area (Å²) in [7, 11) is -2.96. The van der Waals surface area contributed by atoms with E-state index in [9.17, 15) is 18.9 Å². The maximum absolute atomic E-state index is 11.5. The zero-order chi connectivity index (χ0) is 28.7. The number of rotatable bonds is 9. The van der Waals surface area contributed by atoms with Gasteiger partial charge in [0.25, 0.3) is 0 Å². The number of hydrogen-bond acceptors (Lipinski definition) is 13. The molecule has 0 bridgehead atoms. The molecule has 1 aromatic carbocycles. The molecule has 1 aromatic rings. The lowest BCUT2D eigenvalue weighted by atomic mass is 10.1. The van der Waals surface area contributed by atoms with Crippen molar-refractivity contribution in [3.63, 3.8) is 0 Å². The van der Waals surface area contributed by atoms with Crippen LogP contribution in [0.3, 0.4) is 0 Å². The quantitative estimate of drug-likeness (QED) is 0.320. The molecular weight excluding hydrogens is 566 g/mol. The minimum Gasteiger partial charge on any atom is -0.364 e. The Hall–Kier alpha value is -3.53. The lowest BCUT2D eigenvalue weighted by Gasteiger charge is -2.51. The Morgan fingerprint density at radius 1 is 1.12 bits per heavy atom. The zero-order valence-corrected chi connectivity index (χ0v) is 24.3. The lowest BCUT2D eigenvalue weighted by molar-refractivity contribution is -0.00324. The first-order chi connectivity index (χ1) is 19.8. The number of nitriles is 2. The van der Waals surface area contributed by atoms with E-state index in [2.05, 4.69) is 37.5 Å². The van der Waals surface area contributed by atoms with E-state index in [1.54, 1.807) is 5.01 Å². The van der Waals surface area contributed by atoms with Gasteiger partial charge >= 0.3 is 0 Å². The summed E-state index contributed by atoms with van der Waals surface area (Å²) in [4.78, 5) is 6.00. The average molecular weight is 598 g/mol. The fourth-order valence-corrected chi connectivity index (χ4v) is 6.26. The fraction of sp³-hybridized carbons (Fsp3) is 0.500. The monoisotopic (exact) mass is 597 g/mol. The largest absolute Gasteiger partial charge is 0.364 e. The molecule has 4 aliphatic heterocycles. The molecule has 0 unspecified atom stereocenters.